The molecule has 6 heteroatoms. The highest BCUT2D eigenvalue weighted by atomic mass is 16.5. The van der Waals surface area contributed by atoms with E-state index in [2.05, 4.69) is 5.32 Å². The molecule has 4 rings (SSSR count). The molecule has 0 bridgehead atoms. The predicted molar refractivity (Wildman–Crippen MR) is 133 cm³/mol. The van der Waals surface area contributed by atoms with Crippen LogP contribution >= 0.6 is 0 Å². The van der Waals surface area contributed by atoms with Crippen molar-refractivity contribution in [1.82, 2.24) is 0 Å². The number of esters is 1. The zero-order chi connectivity index (χ0) is 24.1. The number of amides is 2. The number of anilines is 2. The SMILES string of the molecule is CCN(C(=O)c1cccc(NC(=O)c2ccccc2OC(C)=O)c1)c1cccc2ccccc12. The Morgan fingerprint density at radius 1 is 0.853 bits per heavy atom. The Labute approximate surface area is 197 Å². The van der Waals surface area contributed by atoms with Crippen LogP contribution in [0.25, 0.3) is 10.8 Å². The van der Waals surface area contributed by atoms with Crippen molar-refractivity contribution in [1.29, 1.82) is 0 Å². The number of fused-ring (bicyclic) bond motifs is 1. The Morgan fingerprint density at radius 2 is 1.56 bits per heavy atom. The molecule has 4 aromatic rings. The minimum Gasteiger partial charge on any atom is -0.426 e. The first-order valence-electron chi connectivity index (χ1n) is 11.0. The molecule has 0 spiro atoms. The van der Waals surface area contributed by atoms with E-state index in [9.17, 15) is 14.4 Å². The molecule has 0 atom stereocenters. The van der Waals surface area contributed by atoms with Gasteiger partial charge < -0.3 is 15.0 Å². The van der Waals surface area contributed by atoms with Crippen LogP contribution in [-0.4, -0.2) is 24.3 Å². The van der Waals surface area contributed by atoms with E-state index in [1.165, 1.54) is 6.92 Å². The summed E-state index contributed by atoms with van der Waals surface area (Å²) in [7, 11) is 0. The number of carbonyl (C=O) groups excluding carboxylic acids is 3. The first kappa shape index (κ1) is 22.7. The van der Waals surface area contributed by atoms with E-state index in [0.29, 0.717) is 17.8 Å². The fraction of sp³-hybridized carbons (Fsp3) is 0.107. The molecular formula is C28H24N2O4. The predicted octanol–water partition coefficient (Wildman–Crippen LogP) is 5.68. The highest BCUT2D eigenvalue weighted by Gasteiger charge is 2.19. The molecule has 0 aliphatic rings. The van der Waals surface area contributed by atoms with Gasteiger partial charge in [0.25, 0.3) is 11.8 Å². The van der Waals surface area contributed by atoms with Crippen molar-refractivity contribution in [3.05, 3.63) is 102 Å². The summed E-state index contributed by atoms with van der Waals surface area (Å²) in [6, 6.07) is 27.1. The molecule has 0 unspecified atom stereocenters. The van der Waals surface area contributed by atoms with Crippen LogP contribution in [0.1, 0.15) is 34.6 Å². The van der Waals surface area contributed by atoms with Crippen LogP contribution in [-0.2, 0) is 4.79 Å². The second-order valence-corrected chi connectivity index (χ2v) is 7.67. The Bertz CT molecular complexity index is 1370. The zero-order valence-corrected chi connectivity index (χ0v) is 18.9. The van der Waals surface area contributed by atoms with Crippen molar-refractivity contribution < 1.29 is 19.1 Å². The monoisotopic (exact) mass is 452 g/mol. The molecule has 0 aliphatic heterocycles. The van der Waals surface area contributed by atoms with Gasteiger partial charge in [-0.1, -0.05) is 54.6 Å². The van der Waals surface area contributed by atoms with E-state index < -0.39 is 11.9 Å². The van der Waals surface area contributed by atoms with E-state index in [4.69, 9.17) is 4.74 Å². The summed E-state index contributed by atoms with van der Waals surface area (Å²) in [6.07, 6.45) is 0. The number of ether oxygens (including phenoxy) is 1. The van der Waals surface area contributed by atoms with Crippen LogP contribution in [0.4, 0.5) is 11.4 Å². The van der Waals surface area contributed by atoms with Gasteiger partial charge in [-0.05, 0) is 48.7 Å². The Hall–Kier alpha value is -4.45. The van der Waals surface area contributed by atoms with E-state index in [1.54, 1.807) is 53.4 Å². The quantitative estimate of drug-likeness (QED) is 0.301. The van der Waals surface area contributed by atoms with Crippen LogP contribution in [0.2, 0.25) is 0 Å². The van der Waals surface area contributed by atoms with Gasteiger partial charge in [-0.25, -0.2) is 0 Å². The van der Waals surface area contributed by atoms with Crippen molar-refractivity contribution in [3.63, 3.8) is 0 Å². The van der Waals surface area contributed by atoms with Crippen LogP contribution in [0.3, 0.4) is 0 Å². The third-order valence-electron chi connectivity index (χ3n) is 5.37. The molecule has 0 saturated heterocycles. The van der Waals surface area contributed by atoms with E-state index in [-0.39, 0.29) is 17.2 Å². The van der Waals surface area contributed by atoms with Gasteiger partial charge in [0.1, 0.15) is 5.75 Å². The summed E-state index contributed by atoms with van der Waals surface area (Å²) >= 11 is 0. The van der Waals surface area contributed by atoms with Gasteiger partial charge in [0, 0.05) is 30.1 Å². The van der Waals surface area contributed by atoms with Gasteiger partial charge in [-0.15, -0.1) is 0 Å². The molecule has 0 fully saturated rings. The fourth-order valence-corrected chi connectivity index (χ4v) is 3.85. The molecule has 1 N–H and O–H groups in total. The van der Waals surface area contributed by atoms with Gasteiger partial charge in [0.15, 0.2) is 0 Å². The van der Waals surface area contributed by atoms with Gasteiger partial charge in [-0.3, -0.25) is 14.4 Å². The third-order valence-corrected chi connectivity index (χ3v) is 5.37. The standard InChI is InChI=1S/C28H24N2O4/c1-3-30(25-16-9-11-20-10-4-5-14-23(20)25)28(33)21-12-8-13-22(18-21)29-27(32)24-15-6-7-17-26(24)34-19(2)31/h4-18H,3H2,1-2H3,(H,29,32). The summed E-state index contributed by atoms with van der Waals surface area (Å²) in [5.41, 5.74) is 1.96. The summed E-state index contributed by atoms with van der Waals surface area (Å²) in [4.78, 5) is 39.4. The number of nitrogens with one attached hydrogen (secondary N) is 1. The molecule has 170 valence electrons. The number of hydrogen-bond acceptors (Lipinski definition) is 4. The molecule has 0 saturated carbocycles. The minimum atomic E-state index is -0.513. The van der Waals surface area contributed by atoms with E-state index in [0.717, 1.165) is 16.5 Å². The lowest BCUT2D eigenvalue weighted by Gasteiger charge is -2.23. The molecule has 0 aliphatic carbocycles. The number of nitrogens with zero attached hydrogens (tertiary/aromatic N) is 1. The smallest absolute Gasteiger partial charge is 0.308 e. The highest BCUT2D eigenvalue weighted by Crippen LogP contribution is 2.28. The van der Waals surface area contributed by atoms with Crippen LogP contribution in [0.5, 0.6) is 5.75 Å². The first-order chi connectivity index (χ1) is 16.5. The fourth-order valence-electron chi connectivity index (χ4n) is 3.85. The second-order valence-electron chi connectivity index (χ2n) is 7.67. The maximum atomic E-state index is 13.5. The Kier molecular flexibility index (Phi) is 6.69. The molecule has 0 heterocycles. The van der Waals surface area contributed by atoms with Crippen molar-refractivity contribution in [2.45, 2.75) is 13.8 Å². The molecule has 4 aromatic carbocycles. The van der Waals surface area contributed by atoms with Crippen LogP contribution in [0.15, 0.2) is 91.0 Å². The lowest BCUT2D eigenvalue weighted by atomic mass is 10.1. The van der Waals surface area contributed by atoms with E-state index >= 15 is 0 Å². The number of carbonyl (C=O) groups is 3. The Balaban J connectivity index is 1.60. The number of benzene rings is 4. The molecule has 6 nitrogen and oxygen atoms in total. The van der Waals surface area contributed by atoms with Gasteiger partial charge in [0.2, 0.25) is 0 Å². The normalized spacial score (nSPS) is 10.5. The average Bonchev–Trinajstić information content (AvgIpc) is 2.84. The number of hydrogen-bond donors (Lipinski definition) is 1. The van der Waals surface area contributed by atoms with Crippen molar-refractivity contribution in [3.8, 4) is 5.75 Å². The largest absolute Gasteiger partial charge is 0.426 e. The summed E-state index contributed by atoms with van der Waals surface area (Å²) in [6.45, 7) is 3.69. The van der Waals surface area contributed by atoms with Crippen molar-refractivity contribution in [2.75, 3.05) is 16.8 Å². The zero-order valence-electron chi connectivity index (χ0n) is 18.9. The minimum absolute atomic E-state index is 0.171. The second kappa shape index (κ2) is 10.0. The lowest BCUT2D eigenvalue weighted by molar-refractivity contribution is -0.131. The van der Waals surface area contributed by atoms with Gasteiger partial charge in [-0.2, -0.15) is 0 Å². The lowest BCUT2D eigenvalue weighted by Crippen LogP contribution is -2.30. The molecular weight excluding hydrogens is 428 g/mol. The molecule has 2 amide bonds. The molecule has 34 heavy (non-hydrogen) atoms. The van der Waals surface area contributed by atoms with Gasteiger partial charge in [0.05, 0.1) is 11.3 Å². The third kappa shape index (κ3) is 4.81. The van der Waals surface area contributed by atoms with E-state index in [1.807, 2.05) is 49.4 Å². The van der Waals surface area contributed by atoms with Crippen LogP contribution in [0, 0.1) is 0 Å². The molecule has 0 aromatic heterocycles. The number of rotatable bonds is 6. The highest BCUT2D eigenvalue weighted by molar-refractivity contribution is 6.12. The summed E-state index contributed by atoms with van der Waals surface area (Å²) in [5, 5.41) is 4.84. The van der Waals surface area contributed by atoms with Crippen molar-refractivity contribution >= 4 is 39.9 Å². The molecule has 0 radical (unpaired) electrons. The maximum absolute atomic E-state index is 13.5. The number of para-hydroxylation sites is 1. The van der Waals surface area contributed by atoms with Gasteiger partial charge >= 0.3 is 5.97 Å². The van der Waals surface area contributed by atoms with Crippen molar-refractivity contribution in [2.24, 2.45) is 0 Å². The average molecular weight is 453 g/mol. The van der Waals surface area contributed by atoms with Crippen LogP contribution < -0.4 is 15.0 Å². The maximum Gasteiger partial charge on any atom is 0.308 e. The summed E-state index contributed by atoms with van der Waals surface area (Å²) < 4.78 is 5.14. The topological polar surface area (TPSA) is 75.7 Å². The first-order valence-corrected chi connectivity index (χ1v) is 11.0. The Morgan fingerprint density at radius 3 is 2.35 bits per heavy atom. The summed E-state index contributed by atoms with van der Waals surface area (Å²) in [5.74, 6) is -0.952.